The van der Waals surface area contributed by atoms with Crippen LogP contribution in [-0.2, 0) is 16.3 Å². The van der Waals surface area contributed by atoms with Gasteiger partial charge in [0.1, 0.15) is 12.4 Å². The van der Waals surface area contributed by atoms with Gasteiger partial charge in [-0.2, -0.15) is 5.10 Å². The van der Waals surface area contributed by atoms with Crippen molar-refractivity contribution < 1.29 is 13.2 Å². The molecule has 0 radical (unpaired) electrons. The van der Waals surface area contributed by atoms with E-state index in [4.69, 9.17) is 9.72 Å². The second-order valence-electron chi connectivity index (χ2n) is 8.73. The van der Waals surface area contributed by atoms with Gasteiger partial charge in [-0.3, -0.25) is 4.90 Å². The Bertz CT molecular complexity index is 1370. The molecule has 5 rings (SSSR count). The summed E-state index contributed by atoms with van der Waals surface area (Å²) in [5.74, 6) is 1.61. The molecule has 34 heavy (non-hydrogen) atoms. The maximum absolute atomic E-state index is 11.8. The third-order valence-electron chi connectivity index (χ3n) is 6.16. The van der Waals surface area contributed by atoms with Crippen molar-refractivity contribution in [2.75, 3.05) is 32.5 Å². The highest BCUT2D eigenvalue weighted by Crippen LogP contribution is 2.25. The minimum absolute atomic E-state index is 0.300. The van der Waals surface area contributed by atoms with Crippen LogP contribution in [0.25, 0.3) is 16.8 Å². The molecule has 0 atom stereocenters. The topological polar surface area (TPSA) is 76.8 Å². The molecule has 1 fully saturated rings. The first-order valence-corrected chi connectivity index (χ1v) is 13.4. The van der Waals surface area contributed by atoms with Gasteiger partial charge < -0.3 is 4.74 Å². The average Bonchev–Trinajstić information content (AvgIpc) is 3.49. The highest BCUT2D eigenvalue weighted by molar-refractivity contribution is 7.90. The lowest BCUT2D eigenvalue weighted by Gasteiger charge is -2.14. The second kappa shape index (κ2) is 9.56. The van der Waals surface area contributed by atoms with Gasteiger partial charge in [-0.05, 0) is 73.5 Å². The Balaban J connectivity index is 1.28. The Hall–Kier alpha value is -3.23. The SMILES string of the molecule is CS(=O)(=O)c1ccc(-c2cccn3nc(Cc4ccc(OCCN5CCCC5)cc4)nc23)cc1. The van der Waals surface area contributed by atoms with Gasteiger partial charge in [0, 0.05) is 31.0 Å². The molecule has 4 aromatic rings. The van der Waals surface area contributed by atoms with Crippen molar-refractivity contribution in [2.45, 2.75) is 24.2 Å². The molecule has 2 aromatic carbocycles. The van der Waals surface area contributed by atoms with Crippen molar-refractivity contribution in [1.29, 1.82) is 0 Å². The lowest BCUT2D eigenvalue weighted by Crippen LogP contribution is -2.25. The molecule has 176 valence electrons. The van der Waals surface area contributed by atoms with E-state index in [0.717, 1.165) is 40.5 Å². The fraction of sp³-hybridized carbons (Fsp3) is 0.308. The summed E-state index contributed by atoms with van der Waals surface area (Å²) in [6, 6.07) is 18.9. The summed E-state index contributed by atoms with van der Waals surface area (Å²) in [6.07, 6.45) is 6.28. The van der Waals surface area contributed by atoms with Gasteiger partial charge in [0.05, 0.1) is 4.90 Å². The Morgan fingerprint density at radius 3 is 2.41 bits per heavy atom. The summed E-state index contributed by atoms with van der Waals surface area (Å²) in [4.78, 5) is 7.51. The normalized spacial score (nSPS) is 14.6. The number of hydrogen-bond donors (Lipinski definition) is 0. The maximum atomic E-state index is 11.8. The molecule has 7 nitrogen and oxygen atoms in total. The third kappa shape index (κ3) is 5.13. The average molecular weight is 477 g/mol. The van der Waals surface area contributed by atoms with Crippen LogP contribution in [-0.4, -0.2) is 60.4 Å². The van der Waals surface area contributed by atoms with E-state index in [0.29, 0.717) is 17.9 Å². The van der Waals surface area contributed by atoms with Gasteiger partial charge >= 0.3 is 0 Å². The van der Waals surface area contributed by atoms with Crippen LogP contribution >= 0.6 is 0 Å². The molecule has 0 amide bonds. The number of likely N-dealkylation sites (tertiary alicyclic amines) is 1. The highest BCUT2D eigenvalue weighted by Gasteiger charge is 2.13. The summed E-state index contributed by atoms with van der Waals surface area (Å²) in [6.45, 7) is 4.05. The van der Waals surface area contributed by atoms with Crippen molar-refractivity contribution in [3.05, 3.63) is 78.2 Å². The van der Waals surface area contributed by atoms with Crippen molar-refractivity contribution in [3.8, 4) is 16.9 Å². The minimum atomic E-state index is -3.23. The predicted octanol–water partition coefficient (Wildman–Crippen LogP) is 3.87. The van der Waals surface area contributed by atoms with Gasteiger partial charge in [-0.25, -0.2) is 17.9 Å². The first kappa shape index (κ1) is 22.6. The number of fused-ring (bicyclic) bond motifs is 1. The van der Waals surface area contributed by atoms with Crippen LogP contribution in [0.1, 0.15) is 24.2 Å². The van der Waals surface area contributed by atoms with E-state index in [1.165, 1.54) is 32.2 Å². The minimum Gasteiger partial charge on any atom is -0.492 e. The zero-order valence-corrected chi connectivity index (χ0v) is 20.0. The molecular weight excluding hydrogens is 448 g/mol. The number of aromatic nitrogens is 3. The summed E-state index contributed by atoms with van der Waals surface area (Å²) >= 11 is 0. The summed E-state index contributed by atoms with van der Waals surface area (Å²) in [5.41, 5.74) is 3.66. The first-order chi connectivity index (χ1) is 16.5. The Morgan fingerprint density at radius 2 is 1.71 bits per heavy atom. The van der Waals surface area contributed by atoms with Gasteiger partial charge in [0.25, 0.3) is 0 Å². The van der Waals surface area contributed by atoms with Gasteiger partial charge in [-0.15, -0.1) is 0 Å². The zero-order chi connectivity index (χ0) is 23.5. The maximum Gasteiger partial charge on any atom is 0.175 e. The molecule has 1 aliphatic rings. The molecule has 2 aromatic heterocycles. The lowest BCUT2D eigenvalue weighted by molar-refractivity contribution is 0.238. The molecule has 0 unspecified atom stereocenters. The van der Waals surface area contributed by atoms with Gasteiger partial charge in [0.2, 0.25) is 0 Å². The molecule has 1 aliphatic heterocycles. The number of rotatable bonds is 8. The number of sulfone groups is 1. The van der Waals surface area contributed by atoms with E-state index in [1.54, 1.807) is 16.6 Å². The number of nitrogens with zero attached hydrogens (tertiary/aromatic N) is 4. The fourth-order valence-corrected chi connectivity index (χ4v) is 4.95. The molecule has 0 spiro atoms. The van der Waals surface area contributed by atoms with E-state index in [9.17, 15) is 8.42 Å². The van der Waals surface area contributed by atoms with Crippen LogP contribution in [0.5, 0.6) is 5.75 Å². The molecule has 1 saturated heterocycles. The van der Waals surface area contributed by atoms with E-state index in [-0.39, 0.29) is 0 Å². The molecule has 8 heteroatoms. The Morgan fingerprint density at radius 1 is 0.971 bits per heavy atom. The van der Waals surface area contributed by atoms with Crippen LogP contribution < -0.4 is 4.74 Å². The monoisotopic (exact) mass is 476 g/mol. The van der Waals surface area contributed by atoms with Crippen LogP contribution in [0.4, 0.5) is 0 Å². The summed E-state index contributed by atoms with van der Waals surface area (Å²) in [5, 5.41) is 4.64. The molecule has 0 bridgehead atoms. The van der Waals surface area contributed by atoms with Gasteiger partial charge in [0.15, 0.2) is 21.3 Å². The van der Waals surface area contributed by atoms with Crippen LogP contribution in [0.3, 0.4) is 0 Å². The number of hydrogen-bond acceptors (Lipinski definition) is 6. The van der Waals surface area contributed by atoms with Crippen molar-refractivity contribution in [3.63, 3.8) is 0 Å². The standard InChI is InChI=1S/C26H28N4O3S/c1-34(31,32)23-12-8-21(9-13-23)24-5-4-16-30-26(24)27-25(28-30)19-20-6-10-22(11-7-20)33-18-17-29-14-2-3-15-29/h4-13,16H,2-3,14-15,17-19H2,1H3. The quantitative estimate of drug-likeness (QED) is 0.384. The number of ether oxygens (including phenoxy) is 1. The molecule has 0 N–H and O–H groups in total. The molecule has 0 saturated carbocycles. The molecule has 0 aliphatic carbocycles. The van der Waals surface area contributed by atoms with Crippen molar-refractivity contribution in [1.82, 2.24) is 19.5 Å². The van der Waals surface area contributed by atoms with E-state index >= 15 is 0 Å². The zero-order valence-electron chi connectivity index (χ0n) is 19.2. The van der Waals surface area contributed by atoms with Crippen molar-refractivity contribution in [2.24, 2.45) is 0 Å². The first-order valence-electron chi connectivity index (χ1n) is 11.5. The van der Waals surface area contributed by atoms with Gasteiger partial charge in [-0.1, -0.05) is 24.3 Å². The molecule has 3 heterocycles. The largest absolute Gasteiger partial charge is 0.492 e. The summed E-state index contributed by atoms with van der Waals surface area (Å²) in [7, 11) is -3.23. The smallest absolute Gasteiger partial charge is 0.175 e. The fourth-order valence-electron chi connectivity index (χ4n) is 4.32. The lowest BCUT2D eigenvalue weighted by atomic mass is 10.1. The van der Waals surface area contributed by atoms with Crippen LogP contribution in [0.2, 0.25) is 0 Å². The Labute approximate surface area is 199 Å². The second-order valence-corrected chi connectivity index (χ2v) is 10.7. The number of benzene rings is 2. The molecular formula is C26H28N4O3S. The van der Waals surface area contributed by atoms with E-state index in [1.807, 2.05) is 42.6 Å². The van der Waals surface area contributed by atoms with E-state index < -0.39 is 9.84 Å². The van der Waals surface area contributed by atoms with Crippen LogP contribution in [0.15, 0.2) is 71.8 Å². The summed E-state index contributed by atoms with van der Waals surface area (Å²) < 4.78 is 31.2. The van der Waals surface area contributed by atoms with Crippen molar-refractivity contribution >= 4 is 15.5 Å². The third-order valence-corrected chi connectivity index (χ3v) is 7.29. The van der Waals surface area contributed by atoms with E-state index in [2.05, 4.69) is 22.1 Å². The highest BCUT2D eigenvalue weighted by atomic mass is 32.2. The van der Waals surface area contributed by atoms with Crippen LogP contribution in [0, 0.1) is 0 Å². The predicted molar refractivity (Wildman–Crippen MR) is 132 cm³/mol. The Kier molecular flexibility index (Phi) is 6.34. The number of pyridine rings is 1.